The van der Waals surface area contributed by atoms with Crippen molar-refractivity contribution in [3.8, 4) is 22.9 Å². The predicted molar refractivity (Wildman–Crippen MR) is 110 cm³/mol. The largest absolute Gasteiger partial charge is 0.493 e. The Morgan fingerprint density at radius 1 is 1.06 bits per heavy atom. The van der Waals surface area contributed by atoms with Gasteiger partial charge in [-0.05, 0) is 23.8 Å². The third kappa shape index (κ3) is 4.72. The second-order valence-corrected chi connectivity index (χ2v) is 6.57. The Labute approximate surface area is 178 Å². The molecule has 0 atom stereocenters. The van der Waals surface area contributed by atoms with Gasteiger partial charge in [-0.2, -0.15) is 10.1 Å². The minimum Gasteiger partial charge on any atom is -0.493 e. The first-order chi connectivity index (χ1) is 15.2. The maximum atomic E-state index is 12.3. The van der Waals surface area contributed by atoms with Crippen LogP contribution in [0.25, 0.3) is 11.4 Å². The number of nitrogens with zero attached hydrogens (tertiary/aromatic N) is 4. The molecule has 2 aromatic heterocycles. The maximum absolute atomic E-state index is 12.3. The second kappa shape index (κ2) is 9.12. The van der Waals surface area contributed by atoms with Crippen LogP contribution in [0.4, 0.5) is 0 Å². The van der Waals surface area contributed by atoms with Crippen LogP contribution in [0, 0.1) is 0 Å². The molecule has 0 bridgehead atoms. The Hall–Kier alpha value is -4.14. The van der Waals surface area contributed by atoms with Crippen LogP contribution < -0.4 is 9.47 Å². The van der Waals surface area contributed by atoms with Crippen LogP contribution in [-0.2, 0) is 17.9 Å². The van der Waals surface area contributed by atoms with E-state index in [-0.39, 0.29) is 12.5 Å². The molecule has 31 heavy (non-hydrogen) atoms. The fraction of sp³-hybridized carbons (Fsp3) is 0.182. The third-order valence-electron chi connectivity index (χ3n) is 4.49. The molecule has 0 aliphatic heterocycles. The Bertz CT molecular complexity index is 1170. The molecule has 0 radical (unpaired) electrons. The van der Waals surface area contributed by atoms with Crippen molar-refractivity contribution in [2.75, 3.05) is 14.2 Å². The number of hydrogen-bond acceptors (Lipinski definition) is 8. The summed E-state index contributed by atoms with van der Waals surface area (Å²) < 4.78 is 22.6. The first kappa shape index (κ1) is 20.1. The lowest BCUT2D eigenvalue weighted by molar-refractivity contribution is 0.0429. The van der Waals surface area contributed by atoms with Gasteiger partial charge in [0, 0.05) is 11.8 Å². The number of hydrogen-bond donors (Lipinski definition) is 0. The van der Waals surface area contributed by atoms with Crippen LogP contribution in [-0.4, -0.2) is 40.1 Å². The molecule has 0 saturated carbocycles. The van der Waals surface area contributed by atoms with Crippen molar-refractivity contribution in [3.05, 3.63) is 77.9 Å². The molecule has 4 rings (SSSR count). The predicted octanol–water partition coefficient (Wildman–Crippen LogP) is 3.36. The zero-order valence-electron chi connectivity index (χ0n) is 17.0. The Morgan fingerprint density at radius 2 is 1.87 bits per heavy atom. The first-order valence-electron chi connectivity index (χ1n) is 9.44. The summed E-state index contributed by atoms with van der Waals surface area (Å²) in [6.45, 7) is 0.412. The fourth-order valence-corrected chi connectivity index (χ4v) is 2.94. The van der Waals surface area contributed by atoms with Crippen LogP contribution in [0.15, 0.2) is 65.4 Å². The lowest BCUT2D eigenvalue weighted by Gasteiger charge is -2.07. The molecule has 0 saturated heterocycles. The van der Waals surface area contributed by atoms with Gasteiger partial charge in [0.05, 0.1) is 32.5 Å². The Morgan fingerprint density at radius 3 is 2.65 bits per heavy atom. The van der Waals surface area contributed by atoms with Crippen molar-refractivity contribution in [3.63, 3.8) is 0 Å². The molecule has 0 aliphatic rings. The van der Waals surface area contributed by atoms with Gasteiger partial charge in [-0.25, -0.2) is 4.79 Å². The maximum Gasteiger partial charge on any atom is 0.341 e. The van der Waals surface area contributed by atoms with E-state index in [1.165, 1.54) is 6.20 Å². The van der Waals surface area contributed by atoms with Gasteiger partial charge in [-0.3, -0.25) is 4.68 Å². The van der Waals surface area contributed by atoms with Crippen molar-refractivity contribution in [1.29, 1.82) is 0 Å². The minimum absolute atomic E-state index is 0.150. The molecule has 9 heteroatoms. The molecule has 2 aromatic carbocycles. The average molecular weight is 420 g/mol. The van der Waals surface area contributed by atoms with Crippen molar-refractivity contribution in [1.82, 2.24) is 19.9 Å². The van der Waals surface area contributed by atoms with Crippen molar-refractivity contribution < 1.29 is 23.5 Å². The van der Waals surface area contributed by atoms with Gasteiger partial charge < -0.3 is 18.7 Å². The van der Waals surface area contributed by atoms with E-state index < -0.39 is 5.97 Å². The van der Waals surface area contributed by atoms with Crippen molar-refractivity contribution >= 4 is 5.97 Å². The standard InChI is InChI=1S/C22H20N4O5/c1-28-18-9-8-16(10-19(18)29-2)21-24-20(31-25-21)14-30-22(27)17-11-23-26(13-17)12-15-6-4-3-5-7-15/h3-11,13H,12,14H2,1-2H3. The van der Waals surface area contributed by atoms with E-state index >= 15 is 0 Å². The number of aromatic nitrogens is 4. The molecule has 9 nitrogen and oxygen atoms in total. The lowest BCUT2D eigenvalue weighted by Crippen LogP contribution is -2.05. The Balaban J connectivity index is 1.37. The molecule has 0 aliphatic carbocycles. The highest BCUT2D eigenvalue weighted by molar-refractivity contribution is 5.88. The number of carbonyl (C=O) groups excluding carboxylic acids is 1. The smallest absolute Gasteiger partial charge is 0.341 e. The first-order valence-corrected chi connectivity index (χ1v) is 9.44. The van der Waals surface area contributed by atoms with E-state index in [9.17, 15) is 4.79 Å². The van der Waals surface area contributed by atoms with Gasteiger partial charge in [-0.15, -0.1) is 0 Å². The summed E-state index contributed by atoms with van der Waals surface area (Å²) in [7, 11) is 3.11. The van der Waals surface area contributed by atoms with Gasteiger partial charge in [0.1, 0.15) is 0 Å². The van der Waals surface area contributed by atoms with Gasteiger partial charge in [0.2, 0.25) is 5.82 Å². The molecule has 0 spiro atoms. The number of ether oxygens (including phenoxy) is 3. The highest BCUT2D eigenvalue weighted by Crippen LogP contribution is 2.31. The summed E-state index contributed by atoms with van der Waals surface area (Å²) >= 11 is 0. The Kier molecular flexibility index (Phi) is 5.93. The van der Waals surface area contributed by atoms with Gasteiger partial charge in [-0.1, -0.05) is 35.5 Å². The molecule has 158 valence electrons. The molecule has 0 fully saturated rings. The number of esters is 1. The van der Waals surface area contributed by atoms with E-state index in [0.29, 0.717) is 35.0 Å². The second-order valence-electron chi connectivity index (χ2n) is 6.57. The highest BCUT2D eigenvalue weighted by atomic mass is 16.6. The van der Waals surface area contributed by atoms with Crippen molar-refractivity contribution in [2.45, 2.75) is 13.2 Å². The van der Waals surface area contributed by atoms with Gasteiger partial charge in [0.15, 0.2) is 18.1 Å². The molecule has 4 aromatic rings. The zero-order valence-corrected chi connectivity index (χ0v) is 17.0. The lowest BCUT2D eigenvalue weighted by atomic mass is 10.2. The van der Waals surface area contributed by atoms with Crippen LogP contribution in [0.3, 0.4) is 0 Å². The molecular formula is C22H20N4O5. The fourth-order valence-electron chi connectivity index (χ4n) is 2.94. The normalized spacial score (nSPS) is 10.6. The van der Waals surface area contributed by atoms with Crippen LogP contribution in [0.2, 0.25) is 0 Å². The third-order valence-corrected chi connectivity index (χ3v) is 4.49. The quantitative estimate of drug-likeness (QED) is 0.400. The number of rotatable bonds is 8. The van der Waals surface area contributed by atoms with E-state index in [2.05, 4.69) is 15.2 Å². The van der Waals surface area contributed by atoms with E-state index in [1.807, 2.05) is 30.3 Å². The summed E-state index contributed by atoms with van der Waals surface area (Å²) in [5.41, 5.74) is 2.11. The molecule has 0 N–H and O–H groups in total. The minimum atomic E-state index is -0.523. The molecule has 0 unspecified atom stereocenters. The summed E-state index contributed by atoms with van der Waals surface area (Å²) in [6, 6.07) is 15.1. The zero-order chi connectivity index (χ0) is 21.6. The monoisotopic (exact) mass is 420 g/mol. The summed E-state index contributed by atoms with van der Waals surface area (Å²) in [5, 5.41) is 8.13. The van der Waals surface area contributed by atoms with Crippen LogP contribution >= 0.6 is 0 Å². The van der Waals surface area contributed by atoms with Crippen LogP contribution in [0.1, 0.15) is 21.8 Å². The molecular weight excluding hydrogens is 400 g/mol. The van der Waals surface area contributed by atoms with Crippen LogP contribution in [0.5, 0.6) is 11.5 Å². The number of benzene rings is 2. The summed E-state index contributed by atoms with van der Waals surface area (Å²) in [6.07, 6.45) is 3.10. The average Bonchev–Trinajstić information content (AvgIpc) is 3.47. The van der Waals surface area contributed by atoms with Gasteiger partial charge in [0.25, 0.3) is 5.89 Å². The van der Waals surface area contributed by atoms with E-state index in [0.717, 1.165) is 5.56 Å². The number of carbonyl (C=O) groups is 1. The molecule has 0 amide bonds. The number of methoxy groups -OCH3 is 2. The topological polar surface area (TPSA) is 102 Å². The van der Waals surface area contributed by atoms with E-state index in [4.69, 9.17) is 18.7 Å². The highest BCUT2D eigenvalue weighted by Gasteiger charge is 2.15. The summed E-state index contributed by atoms with van der Waals surface area (Å²) in [5.74, 6) is 1.14. The van der Waals surface area contributed by atoms with Gasteiger partial charge >= 0.3 is 5.97 Å². The molecule has 2 heterocycles. The SMILES string of the molecule is COc1ccc(-c2noc(COC(=O)c3cnn(Cc4ccccc4)c3)n2)cc1OC. The van der Waals surface area contributed by atoms with E-state index in [1.54, 1.807) is 43.3 Å². The van der Waals surface area contributed by atoms with Crippen molar-refractivity contribution in [2.24, 2.45) is 0 Å². The summed E-state index contributed by atoms with van der Waals surface area (Å²) in [4.78, 5) is 16.6.